The molecule has 0 N–H and O–H groups in total. The molecule has 0 radical (unpaired) electrons. The van der Waals surface area contributed by atoms with E-state index in [0.29, 0.717) is 12.3 Å². The first kappa shape index (κ1) is 7.52. The average Bonchev–Trinajstić information content (AvgIpc) is 2.73. The van der Waals surface area contributed by atoms with Crippen molar-refractivity contribution in [3.05, 3.63) is 24.1 Å². The zero-order chi connectivity index (χ0) is 7.56. The van der Waals surface area contributed by atoms with E-state index in [1.165, 1.54) is 0 Å². The van der Waals surface area contributed by atoms with Crippen LogP contribution >= 0.6 is 0 Å². The number of allylic oxidation sites excluding steroid dienone is 3. The predicted octanol–water partition coefficient (Wildman–Crippen LogP) is 3.22. The molecule has 0 atom stereocenters. The van der Waals surface area contributed by atoms with Crippen molar-refractivity contribution in [1.82, 2.24) is 0 Å². The van der Waals surface area contributed by atoms with Crippen LogP contribution in [0.25, 0.3) is 0 Å². The Morgan fingerprint density at radius 1 is 1.70 bits per heavy atom. The van der Waals surface area contributed by atoms with Gasteiger partial charge in [0.2, 0.25) is 0 Å². The van der Waals surface area contributed by atoms with Gasteiger partial charge < -0.3 is 0 Å². The summed E-state index contributed by atoms with van der Waals surface area (Å²) in [4.78, 5) is 0. The van der Waals surface area contributed by atoms with Crippen LogP contribution in [0.15, 0.2) is 24.1 Å². The predicted molar refractivity (Wildman–Crippen MR) is 41.3 cm³/mol. The van der Waals surface area contributed by atoms with E-state index in [1.54, 1.807) is 6.08 Å². The van der Waals surface area contributed by atoms with Gasteiger partial charge in [-0.25, -0.2) is 4.39 Å². The highest BCUT2D eigenvalue weighted by atomic mass is 19.1. The minimum Gasteiger partial charge on any atom is -0.212 e. The van der Waals surface area contributed by atoms with E-state index >= 15 is 0 Å². The molecule has 0 unspecified atom stereocenters. The van der Waals surface area contributed by atoms with E-state index in [1.807, 2.05) is 6.92 Å². The highest BCUT2D eigenvalue weighted by molar-refractivity contribution is 5.26. The molecule has 0 aromatic carbocycles. The minimum absolute atomic E-state index is 0.0255. The highest BCUT2D eigenvalue weighted by Gasteiger charge is 2.26. The van der Waals surface area contributed by atoms with Crippen LogP contribution < -0.4 is 0 Å². The number of halogens is 1. The summed E-state index contributed by atoms with van der Waals surface area (Å²) in [6.07, 6.45) is 4.47. The van der Waals surface area contributed by atoms with E-state index in [0.717, 1.165) is 18.4 Å². The molecule has 0 spiro atoms. The van der Waals surface area contributed by atoms with Gasteiger partial charge in [-0.05, 0) is 30.8 Å². The zero-order valence-corrected chi connectivity index (χ0v) is 6.36. The zero-order valence-electron chi connectivity index (χ0n) is 6.36. The van der Waals surface area contributed by atoms with Crippen molar-refractivity contribution in [3.8, 4) is 0 Å². The van der Waals surface area contributed by atoms with Crippen LogP contribution in [0.2, 0.25) is 0 Å². The Morgan fingerprint density at radius 2 is 2.30 bits per heavy atom. The van der Waals surface area contributed by atoms with Gasteiger partial charge in [0.15, 0.2) is 0 Å². The summed E-state index contributed by atoms with van der Waals surface area (Å²) in [7, 11) is 0. The lowest BCUT2D eigenvalue weighted by Gasteiger charge is -1.98. The van der Waals surface area contributed by atoms with Crippen LogP contribution in [0.5, 0.6) is 0 Å². The summed E-state index contributed by atoms with van der Waals surface area (Å²) in [6.45, 7) is 5.43. The molecule has 0 bridgehead atoms. The van der Waals surface area contributed by atoms with Crippen LogP contribution in [0, 0.1) is 5.92 Å². The average molecular weight is 140 g/mol. The third-order valence-corrected chi connectivity index (χ3v) is 1.86. The molecule has 0 heterocycles. The van der Waals surface area contributed by atoms with E-state index in [9.17, 15) is 4.39 Å². The third kappa shape index (κ3) is 1.47. The second kappa shape index (κ2) is 3.00. The van der Waals surface area contributed by atoms with E-state index in [2.05, 4.69) is 6.58 Å². The molecule has 1 heteroatoms. The van der Waals surface area contributed by atoms with Gasteiger partial charge in [-0.15, -0.1) is 0 Å². The van der Waals surface area contributed by atoms with Crippen molar-refractivity contribution in [1.29, 1.82) is 0 Å². The summed E-state index contributed by atoms with van der Waals surface area (Å²) >= 11 is 0. The first-order valence-corrected chi connectivity index (χ1v) is 3.80. The Hall–Kier alpha value is -0.590. The van der Waals surface area contributed by atoms with Crippen molar-refractivity contribution in [2.75, 3.05) is 0 Å². The lowest BCUT2D eigenvalue weighted by molar-refractivity contribution is 0.587. The largest absolute Gasteiger partial charge is 0.212 e. The maximum absolute atomic E-state index is 12.9. The van der Waals surface area contributed by atoms with E-state index < -0.39 is 0 Å². The number of rotatable bonds is 3. The molecular weight excluding hydrogens is 127 g/mol. The van der Waals surface area contributed by atoms with E-state index in [4.69, 9.17) is 0 Å². The Morgan fingerprint density at radius 3 is 2.60 bits per heavy atom. The molecule has 0 aliphatic heterocycles. The molecule has 1 fully saturated rings. The van der Waals surface area contributed by atoms with Crippen molar-refractivity contribution >= 4 is 0 Å². The van der Waals surface area contributed by atoms with Gasteiger partial charge in [0.1, 0.15) is 5.83 Å². The van der Waals surface area contributed by atoms with Crippen molar-refractivity contribution < 1.29 is 4.39 Å². The molecule has 1 saturated carbocycles. The first-order chi connectivity index (χ1) is 4.79. The normalized spacial score (nSPS) is 20.2. The second-order valence-electron chi connectivity index (χ2n) is 2.69. The van der Waals surface area contributed by atoms with Gasteiger partial charge in [0.05, 0.1) is 0 Å². The first-order valence-electron chi connectivity index (χ1n) is 3.80. The molecule has 10 heavy (non-hydrogen) atoms. The van der Waals surface area contributed by atoms with Gasteiger partial charge >= 0.3 is 0 Å². The molecule has 0 amide bonds. The summed E-state index contributed by atoms with van der Waals surface area (Å²) in [5.41, 5.74) is 0.850. The van der Waals surface area contributed by atoms with Gasteiger partial charge in [0, 0.05) is 0 Å². The van der Waals surface area contributed by atoms with Crippen molar-refractivity contribution in [2.24, 2.45) is 5.92 Å². The molecule has 56 valence electrons. The molecule has 0 saturated heterocycles. The number of hydrogen-bond donors (Lipinski definition) is 0. The maximum atomic E-state index is 12.9. The third-order valence-electron chi connectivity index (χ3n) is 1.86. The van der Waals surface area contributed by atoms with Crippen LogP contribution in [-0.2, 0) is 0 Å². The summed E-state index contributed by atoms with van der Waals surface area (Å²) in [5.74, 6) is 0.523. The van der Waals surface area contributed by atoms with Crippen LogP contribution in [0.3, 0.4) is 0 Å². The Kier molecular flexibility index (Phi) is 2.25. The quantitative estimate of drug-likeness (QED) is 0.528. The molecule has 0 aromatic heterocycles. The molecule has 0 nitrogen and oxygen atoms in total. The standard InChI is InChI=1S/C9H13F/c1-3-8(7-5-6-7)9(10)4-2/h3,7H,1,4-6H2,2H3/b9-8-. The van der Waals surface area contributed by atoms with Gasteiger partial charge in [-0.3, -0.25) is 0 Å². The van der Waals surface area contributed by atoms with Crippen LogP contribution in [0.4, 0.5) is 4.39 Å². The summed E-state index contributed by atoms with van der Waals surface area (Å²) in [6, 6.07) is 0. The molecule has 0 aromatic rings. The lowest BCUT2D eigenvalue weighted by Crippen LogP contribution is -1.84. The monoisotopic (exact) mass is 140 g/mol. The maximum Gasteiger partial charge on any atom is 0.103 e. The Bertz CT molecular complexity index is 164. The van der Waals surface area contributed by atoms with Crippen LogP contribution in [0.1, 0.15) is 26.2 Å². The van der Waals surface area contributed by atoms with Crippen LogP contribution in [-0.4, -0.2) is 0 Å². The second-order valence-corrected chi connectivity index (χ2v) is 2.69. The lowest BCUT2D eigenvalue weighted by atomic mass is 10.1. The SMILES string of the molecule is C=C/C(=C(/F)CC)C1CC1. The smallest absolute Gasteiger partial charge is 0.103 e. The fourth-order valence-corrected chi connectivity index (χ4v) is 1.10. The van der Waals surface area contributed by atoms with Gasteiger partial charge in [-0.1, -0.05) is 19.6 Å². The van der Waals surface area contributed by atoms with E-state index in [-0.39, 0.29) is 5.83 Å². The highest BCUT2D eigenvalue weighted by Crippen LogP contribution is 2.39. The van der Waals surface area contributed by atoms with Gasteiger partial charge in [-0.2, -0.15) is 0 Å². The topological polar surface area (TPSA) is 0 Å². The van der Waals surface area contributed by atoms with Gasteiger partial charge in [0.25, 0.3) is 0 Å². The fraction of sp³-hybridized carbons (Fsp3) is 0.556. The Balaban J connectivity index is 2.69. The Labute approximate surface area is 61.4 Å². The van der Waals surface area contributed by atoms with Crippen molar-refractivity contribution in [3.63, 3.8) is 0 Å². The molecule has 1 aliphatic rings. The summed E-state index contributed by atoms with van der Waals surface area (Å²) < 4.78 is 12.9. The molecular formula is C9H13F. The fourth-order valence-electron chi connectivity index (χ4n) is 1.10. The number of hydrogen-bond acceptors (Lipinski definition) is 0. The molecule has 1 aliphatic carbocycles. The van der Waals surface area contributed by atoms with Crippen molar-refractivity contribution in [2.45, 2.75) is 26.2 Å². The summed E-state index contributed by atoms with van der Waals surface area (Å²) in [5, 5.41) is 0. The molecule has 1 rings (SSSR count). The minimum atomic E-state index is 0.0255.